The number of hydrogen-bond acceptors (Lipinski definition) is 9. The summed E-state index contributed by atoms with van der Waals surface area (Å²) >= 11 is 6.60. The summed E-state index contributed by atoms with van der Waals surface area (Å²) in [6.07, 6.45) is 3.59. The van der Waals surface area contributed by atoms with E-state index in [1.165, 1.54) is 43.1 Å². The lowest BCUT2D eigenvalue weighted by Crippen LogP contribution is -2.35. The average molecular weight is 501 g/mol. The number of nitrogens with zero attached hydrogens (tertiary/aromatic N) is 2. The van der Waals surface area contributed by atoms with Gasteiger partial charge in [-0.15, -0.1) is 0 Å². The Bertz CT molecular complexity index is 1190. The first-order chi connectivity index (χ1) is 16.4. The third-order valence-corrected chi connectivity index (χ3v) is 6.64. The molecule has 2 aliphatic heterocycles. The van der Waals surface area contributed by atoms with Gasteiger partial charge in [-0.05, 0) is 42.7 Å². The van der Waals surface area contributed by atoms with Crippen LogP contribution < -0.4 is 9.47 Å². The van der Waals surface area contributed by atoms with Crippen molar-refractivity contribution in [3.8, 4) is 11.5 Å². The van der Waals surface area contributed by atoms with E-state index < -0.39 is 10.9 Å². The molecule has 1 amide bonds. The van der Waals surface area contributed by atoms with Gasteiger partial charge in [0.1, 0.15) is 4.32 Å². The molecule has 4 rings (SSSR count). The summed E-state index contributed by atoms with van der Waals surface area (Å²) in [4.78, 5) is 37.7. The van der Waals surface area contributed by atoms with Crippen LogP contribution in [0.1, 0.15) is 28.8 Å². The van der Waals surface area contributed by atoms with E-state index in [0.717, 1.165) is 18.9 Å². The number of nitro benzene ring substituents is 1. The van der Waals surface area contributed by atoms with E-state index >= 15 is 0 Å². The number of hydrogen-bond donors (Lipinski definition) is 0. The van der Waals surface area contributed by atoms with Gasteiger partial charge in [0.2, 0.25) is 0 Å². The molecule has 11 heteroatoms. The van der Waals surface area contributed by atoms with Crippen LogP contribution in [0.15, 0.2) is 47.4 Å². The number of rotatable bonds is 7. The third kappa shape index (κ3) is 5.27. The zero-order valence-electron chi connectivity index (χ0n) is 18.1. The number of thioether (sulfide) groups is 1. The number of non-ortho nitro benzene ring substituents is 1. The molecule has 2 fully saturated rings. The number of amides is 1. The van der Waals surface area contributed by atoms with Crippen molar-refractivity contribution in [1.29, 1.82) is 0 Å². The van der Waals surface area contributed by atoms with Gasteiger partial charge in [-0.25, -0.2) is 4.79 Å². The van der Waals surface area contributed by atoms with Gasteiger partial charge in [0.05, 0.1) is 35.2 Å². The van der Waals surface area contributed by atoms with Crippen LogP contribution in [0.5, 0.6) is 11.5 Å². The summed E-state index contributed by atoms with van der Waals surface area (Å²) in [5, 5.41) is 10.9. The van der Waals surface area contributed by atoms with Crippen molar-refractivity contribution in [2.24, 2.45) is 0 Å². The minimum Gasteiger partial charge on any atom is -0.493 e. The fourth-order valence-corrected chi connectivity index (χ4v) is 4.84. The van der Waals surface area contributed by atoms with Crippen LogP contribution in [-0.2, 0) is 9.53 Å². The Morgan fingerprint density at radius 1 is 1.32 bits per heavy atom. The second-order valence-corrected chi connectivity index (χ2v) is 9.21. The molecule has 0 N–H and O–H groups in total. The molecule has 0 saturated carbocycles. The molecule has 2 aromatic rings. The van der Waals surface area contributed by atoms with E-state index in [9.17, 15) is 19.7 Å². The number of carbonyl (C=O) groups excluding carboxylic acids is 2. The molecule has 2 aliphatic rings. The first-order valence-electron chi connectivity index (χ1n) is 10.4. The molecule has 176 valence electrons. The second-order valence-electron chi connectivity index (χ2n) is 7.53. The predicted molar refractivity (Wildman–Crippen MR) is 130 cm³/mol. The van der Waals surface area contributed by atoms with Crippen LogP contribution >= 0.6 is 24.0 Å². The van der Waals surface area contributed by atoms with Crippen molar-refractivity contribution in [2.75, 3.05) is 20.3 Å². The van der Waals surface area contributed by atoms with Crippen molar-refractivity contribution >= 4 is 51.9 Å². The lowest BCUT2D eigenvalue weighted by molar-refractivity contribution is -0.384. The molecule has 1 atom stereocenters. The van der Waals surface area contributed by atoms with Crippen molar-refractivity contribution in [3.05, 3.63) is 68.6 Å². The first-order valence-corrected chi connectivity index (χ1v) is 11.6. The minimum absolute atomic E-state index is 0.00182. The van der Waals surface area contributed by atoms with E-state index in [1.807, 2.05) is 0 Å². The standard InChI is InChI=1S/C23H20N2O7S2/c1-30-19-10-14(11-20-21(26)24(23(33)34-20)13-17-6-3-9-31-17)7-8-18(19)32-22(27)15-4-2-5-16(12-15)25(28)29/h2,4-5,7-8,10-12,17H,3,6,9,13H2,1H3/b20-11-/t17-/m0/s1. The summed E-state index contributed by atoms with van der Waals surface area (Å²) in [5.41, 5.74) is 0.480. The summed E-state index contributed by atoms with van der Waals surface area (Å²) in [5.74, 6) is -0.528. The molecule has 0 spiro atoms. The summed E-state index contributed by atoms with van der Waals surface area (Å²) in [6.45, 7) is 1.14. The lowest BCUT2D eigenvalue weighted by atomic mass is 10.1. The fraction of sp³-hybridized carbons (Fsp3) is 0.261. The van der Waals surface area contributed by atoms with Gasteiger partial charge >= 0.3 is 5.97 Å². The average Bonchev–Trinajstić information content (AvgIpc) is 3.44. The lowest BCUT2D eigenvalue weighted by Gasteiger charge is -2.18. The molecule has 9 nitrogen and oxygen atoms in total. The molecule has 0 unspecified atom stereocenters. The highest BCUT2D eigenvalue weighted by Crippen LogP contribution is 2.35. The third-order valence-electron chi connectivity index (χ3n) is 5.26. The molecule has 2 saturated heterocycles. The van der Waals surface area contributed by atoms with Gasteiger partial charge in [0, 0.05) is 18.7 Å². The highest BCUT2D eigenvalue weighted by atomic mass is 32.2. The highest BCUT2D eigenvalue weighted by Gasteiger charge is 2.34. The maximum atomic E-state index is 12.9. The van der Waals surface area contributed by atoms with Crippen LogP contribution in [0.2, 0.25) is 0 Å². The van der Waals surface area contributed by atoms with E-state index in [4.69, 9.17) is 26.4 Å². The van der Waals surface area contributed by atoms with Crippen molar-refractivity contribution in [3.63, 3.8) is 0 Å². The van der Waals surface area contributed by atoms with Gasteiger partial charge in [-0.3, -0.25) is 19.8 Å². The molecule has 0 aromatic heterocycles. The molecular formula is C23H20N2O7S2. The van der Waals surface area contributed by atoms with Crippen molar-refractivity contribution in [1.82, 2.24) is 4.90 Å². The summed E-state index contributed by atoms with van der Waals surface area (Å²) in [6, 6.07) is 10.1. The van der Waals surface area contributed by atoms with Crippen LogP contribution in [0.25, 0.3) is 6.08 Å². The molecule has 2 heterocycles. The zero-order valence-corrected chi connectivity index (χ0v) is 19.7. The quantitative estimate of drug-likeness (QED) is 0.138. The van der Waals surface area contributed by atoms with E-state index in [1.54, 1.807) is 23.1 Å². The topological polar surface area (TPSA) is 108 Å². The Morgan fingerprint density at radius 2 is 2.15 bits per heavy atom. The molecular weight excluding hydrogens is 480 g/mol. The number of thiocarbonyl (C=S) groups is 1. The Labute approximate surface area is 204 Å². The number of benzene rings is 2. The fourth-order valence-electron chi connectivity index (χ4n) is 3.56. The number of nitro groups is 1. The largest absolute Gasteiger partial charge is 0.493 e. The molecule has 0 bridgehead atoms. The van der Waals surface area contributed by atoms with Crippen LogP contribution in [0.3, 0.4) is 0 Å². The predicted octanol–water partition coefficient (Wildman–Crippen LogP) is 4.20. The van der Waals surface area contributed by atoms with Gasteiger partial charge in [0.15, 0.2) is 11.5 Å². The van der Waals surface area contributed by atoms with Gasteiger partial charge in [0.25, 0.3) is 11.6 Å². The second kappa shape index (κ2) is 10.3. The molecule has 2 aromatic carbocycles. The van der Waals surface area contributed by atoms with Gasteiger partial charge < -0.3 is 14.2 Å². The first kappa shape index (κ1) is 23.9. The van der Waals surface area contributed by atoms with Gasteiger partial charge in [-0.1, -0.05) is 36.1 Å². The molecule has 0 aliphatic carbocycles. The smallest absolute Gasteiger partial charge is 0.343 e. The molecule has 0 radical (unpaired) electrons. The maximum Gasteiger partial charge on any atom is 0.343 e. The minimum atomic E-state index is -0.759. The van der Waals surface area contributed by atoms with E-state index in [-0.39, 0.29) is 34.8 Å². The van der Waals surface area contributed by atoms with Crippen LogP contribution in [0, 0.1) is 10.1 Å². The summed E-state index contributed by atoms with van der Waals surface area (Å²) < 4.78 is 16.8. The number of ether oxygens (including phenoxy) is 3. The van der Waals surface area contributed by atoms with Crippen molar-refractivity contribution < 1.29 is 28.7 Å². The van der Waals surface area contributed by atoms with E-state index in [0.29, 0.717) is 27.9 Å². The van der Waals surface area contributed by atoms with Crippen LogP contribution in [-0.4, -0.2) is 52.4 Å². The SMILES string of the molecule is COc1cc(/C=C2\SC(=S)N(C[C@@H]3CCCO3)C2=O)ccc1OC(=O)c1cccc([N+](=O)[O-])c1. The van der Waals surface area contributed by atoms with Gasteiger partial charge in [-0.2, -0.15) is 0 Å². The zero-order chi connectivity index (χ0) is 24.2. The normalized spacial score (nSPS) is 19.0. The summed E-state index contributed by atoms with van der Waals surface area (Å²) in [7, 11) is 1.42. The molecule has 34 heavy (non-hydrogen) atoms. The monoisotopic (exact) mass is 500 g/mol. The van der Waals surface area contributed by atoms with Crippen molar-refractivity contribution in [2.45, 2.75) is 18.9 Å². The number of esters is 1. The highest BCUT2D eigenvalue weighted by molar-refractivity contribution is 8.26. The van der Waals surface area contributed by atoms with Crippen LogP contribution in [0.4, 0.5) is 5.69 Å². The van der Waals surface area contributed by atoms with E-state index in [2.05, 4.69) is 0 Å². The Hall–Kier alpha value is -3.28. The Morgan fingerprint density at radius 3 is 2.85 bits per heavy atom. The Kier molecular flexibility index (Phi) is 7.25. The maximum absolute atomic E-state index is 12.9. The number of carbonyl (C=O) groups is 2. The number of methoxy groups -OCH3 is 1. The Balaban J connectivity index is 1.50.